The molecule has 0 aromatic rings. The summed E-state index contributed by atoms with van der Waals surface area (Å²) in [6.07, 6.45) is 0.714. The second kappa shape index (κ2) is 62.2. The average molecular weight is 1290 g/mol. The van der Waals surface area contributed by atoms with Crippen molar-refractivity contribution in [2.75, 3.05) is 152 Å². The standard InChI is InChI=1S/C15H28O7.C14H26O8.C9H18O5.C6H10N2O2.CH3.Li.2H2O.U/c1-13(16)11-20-9-7-18-5-6-19-8-10-21-12-14(17)22-15(2,3)4;1-14(2,3)22-13(17)11-21-9-7-19-5-4-18-6-8-20-10-12(15)16;1-9(11)8-14-7-6-13-5-4-12-3-2-10;1-6(2,3)10-5(9)4-8-7;;;;;/h5-12H2,1-4H3;4-11H2,1-3H3,(H,15,16);10H,2-8H2,1H3;4H,1-3H3;1H3;;2*1H2;/q;;;;-1;+1;;;/p-1. The van der Waals surface area contributed by atoms with Gasteiger partial charge in [-0.05, 0) is 76.2 Å². The number of carboxylic acids is 1. The molecule has 0 heterocycles. The van der Waals surface area contributed by atoms with Crippen LogP contribution in [0.2, 0.25) is 0 Å². The number of hydrogen-bond donors (Lipinski definition) is 2. The maximum atomic E-state index is 11.3. The van der Waals surface area contributed by atoms with Crippen molar-refractivity contribution in [3.05, 3.63) is 13.0 Å². The average Bonchev–Trinajstić information content (AvgIpc) is 3.19. The van der Waals surface area contributed by atoms with Gasteiger partial charge in [-0.2, -0.15) is 4.79 Å². The van der Waals surface area contributed by atoms with E-state index in [1.807, 2.05) is 0 Å². The molecular formula is C45H88LiN2O24U-. The Morgan fingerprint density at radius 1 is 0.452 bits per heavy atom. The fourth-order valence-electron chi connectivity index (χ4n) is 3.64. The third kappa shape index (κ3) is 99.4. The van der Waals surface area contributed by atoms with Gasteiger partial charge in [0.25, 0.3) is 0 Å². The van der Waals surface area contributed by atoms with Crippen LogP contribution in [-0.4, -0.2) is 236 Å². The summed E-state index contributed by atoms with van der Waals surface area (Å²) in [6.45, 7) is 25.2. The molecule has 26 nitrogen and oxygen atoms in total. The van der Waals surface area contributed by atoms with Crippen molar-refractivity contribution in [1.29, 1.82) is 0 Å². The Hall–Kier alpha value is -2.31. The molecule has 0 bridgehead atoms. The molecule has 0 spiro atoms. The van der Waals surface area contributed by atoms with Gasteiger partial charge in [-0.1, -0.05) is 0 Å². The van der Waals surface area contributed by atoms with E-state index in [-0.39, 0.29) is 132 Å². The van der Waals surface area contributed by atoms with E-state index in [0.717, 1.165) is 0 Å². The predicted octanol–water partition coefficient (Wildman–Crippen LogP) is -1.84. The number of esters is 3. The van der Waals surface area contributed by atoms with Crippen molar-refractivity contribution in [3.8, 4) is 0 Å². The van der Waals surface area contributed by atoms with Gasteiger partial charge in [-0.3, -0.25) is 9.59 Å². The van der Waals surface area contributed by atoms with Crippen LogP contribution in [0, 0.1) is 38.5 Å². The Morgan fingerprint density at radius 2 is 0.685 bits per heavy atom. The Kier molecular flexibility index (Phi) is 76.9. The zero-order valence-electron chi connectivity index (χ0n) is 45.7. The van der Waals surface area contributed by atoms with Crippen molar-refractivity contribution >= 4 is 41.7 Å². The molecule has 73 heavy (non-hydrogen) atoms. The fourth-order valence-corrected chi connectivity index (χ4v) is 3.64. The van der Waals surface area contributed by atoms with Gasteiger partial charge in [0.15, 0.2) is 11.6 Å². The van der Waals surface area contributed by atoms with Gasteiger partial charge in [0.1, 0.15) is 49.8 Å². The number of rotatable bonds is 37. The summed E-state index contributed by atoms with van der Waals surface area (Å²) in [6, 6.07) is 0. The minimum Gasteiger partial charge on any atom is -0.870 e. The summed E-state index contributed by atoms with van der Waals surface area (Å²) in [5.41, 5.74) is 6.36. The zero-order valence-corrected chi connectivity index (χ0v) is 49.9. The topological polar surface area (TPSA) is 370 Å². The molecule has 0 atom stereocenters. The van der Waals surface area contributed by atoms with Gasteiger partial charge in [-0.15, -0.1) is 0 Å². The first-order chi connectivity index (χ1) is 31.8. The van der Waals surface area contributed by atoms with Gasteiger partial charge in [0.2, 0.25) is 0 Å². The molecule has 0 fully saturated rings. The van der Waals surface area contributed by atoms with Gasteiger partial charge >= 0.3 is 49.0 Å². The Labute approximate surface area is 468 Å². The van der Waals surface area contributed by atoms with Crippen molar-refractivity contribution in [3.63, 3.8) is 0 Å². The predicted molar refractivity (Wildman–Crippen MR) is 254 cm³/mol. The first-order valence-electron chi connectivity index (χ1n) is 21.9. The minimum absolute atomic E-state index is 0. The van der Waals surface area contributed by atoms with Gasteiger partial charge in [-0.25, -0.2) is 19.2 Å². The molecule has 5 N–H and O–H groups in total. The van der Waals surface area contributed by atoms with E-state index in [9.17, 15) is 28.8 Å². The van der Waals surface area contributed by atoms with Crippen LogP contribution in [0.1, 0.15) is 76.2 Å². The van der Waals surface area contributed by atoms with E-state index in [1.165, 1.54) is 13.8 Å². The molecule has 0 aromatic heterocycles. The van der Waals surface area contributed by atoms with Gasteiger partial charge in [0.05, 0.1) is 119 Å². The van der Waals surface area contributed by atoms with Gasteiger partial charge in [0, 0.05) is 31.1 Å². The molecule has 0 rings (SSSR count). The molecule has 0 saturated heterocycles. The summed E-state index contributed by atoms with van der Waals surface area (Å²) in [5.74, 6) is -2.44. The summed E-state index contributed by atoms with van der Waals surface area (Å²) in [4.78, 5) is 66.8. The second-order valence-electron chi connectivity index (χ2n) is 16.4. The number of nitrogens with zero attached hydrogens (tertiary/aromatic N) is 2. The zero-order chi connectivity index (χ0) is 52.5. The van der Waals surface area contributed by atoms with E-state index in [1.54, 1.807) is 62.3 Å². The van der Waals surface area contributed by atoms with E-state index in [0.29, 0.717) is 112 Å². The van der Waals surface area contributed by atoms with E-state index in [4.69, 9.17) is 82.1 Å². The molecule has 0 aliphatic heterocycles. The number of aliphatic carboxylic acids is 1. The third-order valence-corrected chi connectivity index (χ3v) is 5.90. The van der Waals surface area contributed by atoms with Crippen molar-refractivity contribution < 1.29 is 171 Å². The number of ether oxygens (including phenoxy) is 14. The molecule has 428 valence electrons. The van der Waals surface area contributed by atoms with Crippen LogP contribution in [0.5, 0.6) is 0 Å². The van der Waals surface area contributed by atoms with E-state index in [2.05, 4.69) is 4.79 Å². The number of Topliss-reactive ketones (excluding diaryl/α,β-unsaturated/α-hetero) is 2. The summed E-state index contributed by atoms with van der Waals surface area (Å²) < 4.78 is 70.9. The van der Waals surface area contributed by atoms with Crippen molar-refractivity contribution in [2.45, 2.75) is 93.0 Å². The number of hydrogen-bond acceptors (Lipinski definition) is 22. The van der Waals surface area contributed by atoms with Crippen LogP contribution >= 0.6 is 0 Å². The summed E-state index contributed by atoms with van der Waals surface area (Å²) >= 11 is 0. The Bertz CT molecular complexity index is 1280. The van der Waals surface area contributed by atoms with Crippen LogP contribution in [0.3, 0.4) is 0 Å². The number of carbonyl (C=O) groups excluding carboxylic acids is 5. The number of ketones is 2. The minimum atomic E-state index is -1.00. The first kappa shape index (κ1) is 90.2. The summed E-state index contributed by atoms with van der Waals surface area (Å²) in [7, 11) is 0. The van der Waals surface area contributed by atoms with Crippen LogP contribution in [0.15, 0.2) is 0 Å². The Balaban J connectivity index is -0.000000109. The quantitative estimate of drug-likeness (QED) is 0.0101. The molecule has 0 amide bonds. The monoisotopic (exact) mass is 1290 g/mol. The second-order valence-corrected chi connectivity index (χ2v) is 16.4. The van der Waals surface area contributed by atoms with Crippen LogP contribution in [0.4, 0.5) is 0 Å². The summed E-state index contributed by atoms with van der Waals surface area (Å²) in [5, 5.41) is 16.7. The molecule has 0 saturated carbocycles. The number of aliphatic hydroxyl groups excluding tert-OH is 1. The third-order valence-electron chi connectivity index (χ3n) is 5.90. The largest absolute Gasteiger partial charge is 1.00 e. The molecule has 28 heteroatoms. The maximum Gasteiger partial charge on any atom is 1.00 e. The van der Waals surface area contributed by atoms with Crippen molar-refractivity contribution in [1.82, 2.24) is 0 Å². The molecule has 0 aromatic carbocycles. The number of carbonyl (C=O) groups is 6. The molecular weight excluding hydrogens is 1200 g/mol. The number of aliphatic hydroxyl groups is 1. The molecule has 0 aliphatic carbocycles. The number of carboxylic acid groups (broad SMARTS) is 1. The van der Waals surface area contributed by atoms with E-state index >= 15 is 0 Å². The van der Waals surface area contributed by atoms with E-state index < -0.39 is 34.7 Å². The van der Waals surface area contributed by atoms with Crippen LogP contribution in [-0.2, 0) is 95.1 Å². The molecule has 0 radical (unpaired) electrons. The fraction of sp³-hybridized carbons (Fsp3) is 0.822. The van der Waals surface area contributed by atoms with Crippen LogP contribution < -0.4 is 18.9 Å². The van der Waals surface area contributed by atoms with Gasteiger partial charge < -0.3 is 100 Å². The normalized spacial score (nSPS) is 10.2. The first-order valence-corrected chi connectivity index (χ1v) is 21.9. The van der Waals surface area contributed by atoms with Crippen molar-refractivity contribution in [2.24, 2.45) is 0 Å². The Morgan fingerprint density at radius 3 is 0.904 bits per heavy atom. The maximum absolute atomic E-state index is 11.3. The van der Waals surface area contributed by atoms with Crippen LogP contribution in [0.25, 0.3) is 5.53 Å². The SMILES string of the molecule is CC(=O)COCCOCCOCCO.CC(=O)COCCOCCOCCOCC(=O)OC(C)(C)C.CC(C)(C)OC(=O)C=[N+]=[N-].CC(C)(C)OC(=O)COCCOCCOCCOCC(=O)O.O.[CH3-].[Li+].[OH-].[U]. The smallest absolute Gasteiger partial charge is 0.870 e. The molecule has 0 aliphatic rings. The molecule has 0 unspecified atom stereocenters.